The number of hydrogen-bond acceptors (Lipinski definition) is 7. The van der Waals surface area contributed by atoms with Crippen LogP contribution in [0.25, 0.3) is 22.6 Å². The Morgan fingerprint density at radius 1 is 1.06 bits per heavy atom. The highest BCUT2D eigenvalue weighted by Crippen LogP contribution is 2.26. The highest BCUT2D eigenvalue weighted by Gasteiger charge is 2.11. The number of halogens is 1. The highest BCUT2D eigenvalue weighted by atomic mass is 35.5. The number of aromatic nitrogens is 2. The first kappa shape index (κ1) is 20.7. The smallest absolute Gasteiger partial charge is 0.221 e. The van der Waals surface area contributed by atoms with Crippen molar-refractivity contribution in [2.75, 3.05) is 0 Å². The van der Waals surface area contributed by atoms with Crippen molar-refractivity contribution < 1.29 is 9.47 Å². The maximum atomic E-state index is 8.12. The molecule has 0 spiro atoms. The molecule has 0 fully saturated rings. The van der Waals surface area contributed by atoms with Crippen LogP contribution in [0.3, 0.4) is 0 Å². The molecule has 4 rings (SSSR count). The van der Waals surface area contributed by atoms with E-state index in [0.29, 0.717) is 22.4 Å². The summed E-state index contributed by atoms with van der Waals surface area (Å²) in [5.74, 6) is 0.534. The van der Waals surface area contributed by atoms with Crippen LogP contribution < -0.4 is 4.74 Å². The third-order valence-corrected chi connectivity index (χ3v) is 5.47. The largest absolute Gasteiger partial charge is 0.487 e. The van der Waals surface area contributed by atoms with Gasteiger partial charge < -0.3 is 9.47 Å². The first-order chi connectivity index (χ1) is 15.1. The number of rotatable bonds is 7. The van der Waals surface area contributed by atoms with Crippen LogP contribution in [0.5, 0.6) is 5.75 Å². The summed E-state index contributed by atoms with van der Waals surface area (Å²) in [4.78, 5) is 9.40. The second-order valence-electron chi connectivity index (χ2n) is 6.45. The van der Waals surface area contributed by atoms with Crippen molar-refractivity contribution >= 4 is 57.8 Å². The Hall–Kier alpha value is -3.55. The Labute approximate surface area is 187 Å². The molecule has 0 amide bonds. The molecule has 0 aliphatic carbocycles. The van der Waals surface area contributed by atoms with Crippen LogP contribution in [0.15, 0.2) is 66.9 Å². The molecule has 6 nitrogen and oxygen atoms in total. The van der Waals surface area contributed by atoms with E-state index < -0.39 is 0 Å². The minimum atomic E-state index is -0.145. The van der Waals surface area contributed by atoms with Crippen LogP contribution in [-0.2, 0) is 11.3 Å². The fourth-order valence-electron chi connectivity index (χ4n) is 2.95. The van der Waals surface area contributed by atoms with Crippen LogP contribution in [0, 0.1) is 10.8 Å². The summed E-state index contributed by atoms with van der Waals surface area (Å²) in [6, 6.07) is 19.2. The fourth-order valence-corrected chi connectivity index (χ4v) is 3.85. The predicted octanol–water partition coefficient (Wildman–Crippen LogP) is 6.07. The van der Waals surface area contributed by atoms with Crippen molar-refractivity contribution in [1.29, 1.82) is 10.8 Å². The molecule has 31 heavy (non-hydrogen) atoms. The van der Waals surface area contributed by atoms with Crippen molar-refractivity contribution in [2.24, 2.45) is 0 Å². The van der Waals surface area contributed by atoms with Gasteiger partial charge in [-0.1, -0.05) is 48.0 Å². The molecule has 2 heterocycles. The van der Waals surface area contributed by atoms with Gasteiger partial charge in [-0.2, -0.15) is 0 Å². The van der Waals surface area contributed by atoms with Gasteiger partial charge in [0.2, 0.25) is 5.90 Å². The van der Waals surface area contributed by atoms with Crippen molar-refractivity contribution in [3.8, 4) is 5.75 Å². The third kappa shape index (κ3) is 5.14. The Morgan fingerprint density at radius 3 is 2.61 bits per heavy atom. The molecule has 8 heteroatoms. The molecule has 0 atom stereocenters. The number of nitrogens with zero attached hydrogens (tertiary/aromatic N) is 2. The molecule has 2 aromatic carbocycles. The lowest BCUT2D eigenvalue weighted by molar-refractivity contribution is 0.302. The summed E-state index contributed by atoms with van der Waals surface area (Å²) in [7, 11) is 0. The Balaban J connectivity index is 1.51. The number of hydrogen-bond donors (Lipinski definition) is 2. The molecule has 4 aromatic rings. The van der Waals surface area contributed by atoms with Gasteiger partial charge in [0.15, 0.2) is 10.9 Å². The average Bonchev–Trinajstić information content (AvgIpc) is 3.21. The highest BCUT2D eigenvalue weighted by molar-refractivity contribution is 7.16. The fraction of sp³-hybridized carbons (Fsp3) is 0.0435. The van der Waals surface area contributed by atoms with Gasteiger partial charge in [0, 0.05) is 22.0 Å². The minimum Gasteiger partial charge on any atom is -0.487 e. The van der Waals surface area contributed by atoms with Crippen molar-refractivity contribution in [3.05, 3.63) is 87.5 Å². The summed E-state index contributed by atoms with van der Waals surface area (Å²) >= 11 is 7.20. The van der Waals surface area contributed by atoms with Crippen molar-refractivity contribution in [2.45, 2.75) is 6.61 Å². The van der Waals surface area contributed by atoms with Crippen LogP contribution in [0.4, 0.5) is 0 Å². The van der Waals surface area contributed by atoms with Crippen LogP contribution in [0.1, 0.15) is 16.1 Å². The van der Waals surface area contributed by atoms with Crippen molar-refractivity contribution in [3.63, 3.8) is 0 Å². The summed E-state index contributed by atoms with van der Waals surface area (Å²) < 4.78 is 11.3. The molecule has 2 aromatic heterocycles. The summed E-state index contributed by atoms with van der Waals surface area (Å²) in [6.45, 7) is 0.346. The number of nitrogens with one attached hydrogen (secondary N) is 2. The predicted molar refractivity (Wildman–Crippen MR) is 125 cm³/mol. The topological polar surface area (TPSA) is 91.9 Å². The lowest BCUT2D eigenvalue weighted by atomic mass is 10.0. The molecule has 0 bridgehead atoms. The Morgan fingerprint density at radius 2 is 1.87 bits per heavy atom. The van der Waals surface area contributed by atoms with Crippen LogP contribution >= 0.6 is 22.9 Å². The van der Waals surface area contributed by atoms with E-state index in [-0.39, 0.29) is 5.90 Å². The van der Waals surface area contributed by atoms with Crippen LogP contribution in [-0.4, -0.2) is 22.3 Å². The van der Waals surface area contributed by atoms with Gasteiger partial charge in [-0.3, -0.25) is 10.8 Å². The van der Waals surface area contributed by atoms with Gasteiger partial charge in [0.25, 0.3) is 0 Å². The number of pyridine rings is 1. The molecule has 0 saturated carbocycles. The third-order valence-electron chi connectivity index (χ3n) is 4.41. The van der Waals surface area contributed by atoms with E-state index in [9.17, 15) is 0 Å². The number of para-hydroxylation sites is 1. The Kier molecular flexibility index (Phi) is 6.35. The van der Waals surface area contributed by atoms with E-state index in [1.807, 2.05) is 60.7 Å². The lowest BCUT2D eigenvalue weighted by Gasteiger charge is -2.10. The lowest BCUT2D eigenvalue weighted by Crippen LogP contribution is -2.05. The van der Waals surface area contributed by atoms with E-state index in [1.54, 1.807) is 12.3 Å². The molecular formula is C23H17ClN4O2S. The zero-order valence-corrected chi connectivity index (χ0v) is 17.8. The summed E-state index contributed by atoms with van der Waals surface area (Å²) in [6.07, 6.45) is 4.10. The van der Waals surface area contributed by atoms with E-state index in [1.165, 1.54) is 11.3 Å². The summed E-state index contributed by atoms with van der Waals surface area (Å²) in [5.41, 5.74) is 3.02. The summed E-state index contributed by atoms with van der Waals surface area (Å²) in [5, 5.41) is 16.3. The first-order valence-corrected chi connectivity index (χ1v) is 10.5. The van der Waals surface area contributed by atoms with Gasteiger partial charge in [0.1, 0.15) is 12.4 Å². The maximum absolute atomic E-state index is 8.12. The number of benzene rings is 2. The monoisotopic (exact) mass is 448 g/mol. The molecule has 0 saturated heterocycles. The number of ether oxygens (including phenoxy) is 2. The van der Waals surface area contributed by atoms with Crippen molar-refractivity contribution in [1.82, 2.24) is 9.97 Å². The van der Waals surface area contributed by atoms with Gasteiger partial charge in [-0.25, -0.2) is 9.97 Å². The van der Waals surface area contributed by atoms with Crippen LogP contribution in [0.2, 0.25) is 4.47 Å². The molecule has 2 N–H and O–H groups in total. The second-order valence-corrected chi connectivity index (χ2v) is 8.09. The number of fused-ring (bicyclic) bond motifs is 1. The second kappa shape index (κ2) is 9.51. The normalized spacial score (nSPS) is 11.3. The molecule has 154 valence electrons. The van der Waals surface area contributed by atoms with Gasteiger partial charge in [0.05, 0.1) is 11.2 Å². The minimum absolute atomic E-state index is 0.145. The molecule has 0 aliphatic rings. The van der Waals surface area contributed by atoms with Gasteiger partial charge in [-0.05, 0) is 35.9 Å². The first-order valence-electron chi connectivity index (χ1n) is 9.28. The average molecular weight is 449 g/mol. The molecule has 0 aliphatic heterocycles. The van der Waals surface area contributed by atoms with E-state index in [2.05, 4.69) is 9.97 Å². The van der Waals surface area contributed by atoms with Gasteiger partial charge >= 0.3 is 0 Å². The van der Waals surface area contributed by atoms with E-state index in [4.69, 9.17) is 31.9 Å². The molecule has 0 unspecified atom stereocenters. The zero-order valence-electron chi connectivity index (χ0n) is 16.2. The maximum Gasteiger partial charge on any atom is 0.221 e. The quantitative estimate of drug-likeness (QED) is 0.265. The molecular weight excluding hydrogens is 432 g/mol. The number of thiazole rings is 1. The molecule has 0 radical (unpaired) electrons. The van der Waals surface area contributed by atoms with E-state index >= 15 is 0 Å². The van der Waals surface area contributed by atoms with E-state index in [0.717, 1.165) is 33.4 Å². The Bertz CT molecular complexity index is 1270. The zero-order chi connectivity index (χ0) is 21.6. The SMILES string of the molecule is N=COC(=N)C(=Cc1cnc(Cl)s1)c1ccc(OCc2ccc3ccccc3n2)cc1. The van der Waals surface area contributed by atoms with Gasteiger partial charge in [-0.15, -0.1) is 11.3 Å². The standard InChI is InChI=1S/C23H17ClN4O2S/c24-23-27-12-19(31-23)11-20(22(26)30-14-25)15-6-9-18(10-7-15)29-13-17-8-5-16-3-1-2-4-21(16)28-17/h1-12,14,25-26H,13H2.